The molecule has 7 aromatic rings. The average molecular weight is 1330 g/mol. The fourth-order valence-corrected chi connectivity index (χ4v) is 12.7. The van der Waals surface area contributed by atoms with Crippen molar-refractivity contribution in [3.63, 3.8) is 0 Å². The molecule has 0 aromatic heterocycles. The van der Waals surface area contributed by atoms with E-state index < -0.39 is 24.1 Å². The Morgan fingerprint density at radius 1 is 0.340 bits per heavy atom. The van der Waals surface area contributed by atoms with Crippen molar-refractivity contribution in [2.24, 2.45) is 11.3 Å². The first kappa shape index (κ1) is 75.7. The molecule has 0 radical (unpaired) electrons. The molecule has 97 heavy (non-hydrogen) atoms. The predicted octanol–water partition coefficient (Wildman–Crippen LogP) is 30.7. The highest BCUT2D eigenvalue weighted by atomic mass is 14.3. The fraction of sp³-hybridized carbons (Fsp3) is 0.567. The van der Waals surface area contributed by atoms with E-state index in [9.17, 15) is 0 Å². The van der Waals surface area contributed by atoms with Gasteiger partial charge in [-0.1, -0.05) is 398 Å². The maximum absolute atomic E-state index is 8.33. The van der Waals surface area contributed by atoms with Crippen LogP contribution in [0.5, 0.6) is 0 Å². The molecule has 1 unspecified atom stereocenters. The van der Waals surface area contributed by atoms with Crippen LogP contribution in [0.15, 0.2) is 152 Å². The normalized spacial score (nSPS) is 14.1. The number of aryl methyl sites for hydroxylation is 6. The molecule has 0 aliphatic rings. The van der Waals surface area contributed by atoms with Crippen molar-refractivity contribution < 1.29 is 12.3 Å². The van der Waals surface area contributed by atoms with Gasteiger partial charge in [-0.15, -0.1) is 0 Å². The highest BCUT2D eigenvalue weighted by Crippen LogP contribution is 2.38. The van der Waals surface area contributed by atoms with E-state index in [1.165, 1.54) is 61.2 Å². The minimum Gasteiger partial charge on any atom is -0.0654 e. The summed E-state index contributed by atoms with van der Waals surface area (Å²) in [4.78, 5) is 0. The van der Waals surface area contributed by atoms with Gasteiger partial charge < -0.3 is 0 Å². The minimum absolute atomic E-state index is 0.00185. The first-order chi connectivity index (χ1) is 47.4. The lowest BCUT2D eigenvalue weighted by Gasteiger charge is -2.29. The third-order valence-electron chi connectivity index (χ3n) is 16.8. The Balaban J connectivity index is 0.00000119. The summed E-state index contributed by atoms with van der Waals surface area (Å²) in [5, 5.41) is 0. The van der Waals surface area contributed by atoms with E-state index in [1.807, 2.05) is 107 Å². The van der Waals surface area contributed by atoms with Gasteiger partial charge in [0.1, 0.15) is 0 Å². The number of rotatable bonds is 7. The second kappa shape index (κ2) is 40.1. The molecule has 1 atom stereocenters. The van der Waals surface area contributed by atoms with Gasteiger partial charge in [-0.3, -0.25) is 0 Å². The van der Waals surface area contributed by atoms with Gasteiger partial charge in [0.15, 0.2) is 0 Å². The largest absolute Gasteiger partial charge is 0.0654 e. The van der Waals surface area contributed by atoms with Crippen molar-refractivity contribution in [3.8, 4) is 0 Å². The van der Waals surface area contributed by atoms with Crippen LogP contribution in [-0.4, -0.2) is 0 Å². The molecule has 0 heteroatoms. The standard InChI is InChI=1S/C16H26.C13H20.2C12H18.3C11H16.C11H24/c1-11(2)13-9-8-10-14(12(3)4)15(13)16(5,6)7;1-10(2)11-8-6-7-9-12(11)13(3,4)5;2*1-9-7-6-8-10(2)11(9)12(3,4)5;1-9-6-5-7-10(8-9)11(2,3)4;2*1-9-7-5-6-8-10(9)11(2,3)4;1-6-8-10(7-2)9-11(3,4)5/h8-12H,1-7H3;6-10H,1-5H3;2*6-8H,1-5H3;3*5-8H,1-4H3;10H,6-9H2,1-5H3/i11D,12D;10D;;;5D,6D,7D,8D;;;9D2. The van der Waals surface area contributed by atoms with Crippen LogP contribution in [0.2, 0.25) is 0 Å². The highest BCUT2D eigenvalue weighted by Gasteiger charge is 2.25. The van der Waals surface area contributed by atoms with Crippen molar-refractivity contribution >= 4 is 0 Å². The van der Waals surface area contributed by atoms with Crippen LogP contribution in [0.4, 0.5) is 0 Å². The lowest BCUT2D eigenvalue weighted by atomic mass is 9.75. The van der Waals surface area contributed by atoms with Gasteiger partial charge >= 0.3 is 0 Å². The lowest BCUT2D eigenvalue weighted by molar-refractivity contribution is 0.275. The Morgan fingerprint density at radius 3 is 0.887 bits per heavy atom. The first-order valence-electron chi connectivity index (χ1n) is 41.0. The molecule has 0 nitrogen and oxygen atoms in total. The number of hydrogen-bond acceptors (Lipinski definition) is 0. The van der Waals surface area contributed by atoms with Crippen molar-refractivity contribution in [1.82, 2.24) is 0 Å². The first-order valence-corrected chi connectivity index (χ1v) is 36.5. The van der Waals surface area contributed by atoms with Crippen LogP contribution in [0.1, 0.15) is 372 Å². The monoisotopic (exact) mass is 1330 g/mol. The smallest absolute Gasteiger partial charge is 0.0629 e. The van der Waals surface area contributed by atoms with E-state index >= 15 is 0 Å². The minimum atomic E-state index is -1.04. The van der Waals surface area contributed by atoms with E-state index in [-0.39, 0.29) is 73.4 Å². The summed E-state index contributed by atoms with van der Waals surface area (Å²) in [6.45, 7) is 82.4. The zero-order valence-corrected chi connectivity index (χ0v) is 70.3. The molecular formula is C97H154. The molecule has 0 aliphatic carbocycles. The second-order valence-electron chi connectivity index (χ2n) is 36.0. The van der Waals surface area contributed by atoms with Crippen LogP contribution in [0.3, 0.4) is 0 Å². The summed E-state index contributed by atoms with van der Waals surface area (Å²) in [7, 11) is 0. The van der Waals surface area contributed by atoms with Gasteiger partial charge in [-0.2, -0.15) is 0 Å². The van der Waals surface area contributed by atoms with Gasteiger partial charge in [0.25, 0.3) is 0 Å². The zero-order chi connectivity index (χ0) is 83.7. The molecule has 0 heterocycles. The van der Waals surface area contributed by atoms with Gasteiger partial charge in [-0.05, 0) is 211 Å². The molecular weight excluding hydrogens is 1170 g/mol. The molecule has 0 spiro atoms. The van der Waals surface area contributed by atoms with Crippen LogP contribution < -0.4 is 0 Å². The van der Waals surface area contributed by atoms with E-state index in [0.29, 0.717) is 11.1 Å². The van der Waals surface area contributed by atoms with Gasteiger partial charge in [0.05, 0.1) is 5.48 Å². The Bertz CT molecular complexity index is 3570. The van der Waals surface area contributed by atoms with Crippen molar-refractivity contribution in [2.45, 2.75) is 351 Å². The van der Waals surface area contributed by atoms with Crippen molar-refractivity contribution in [1.29, 1.82) is 0 Å². The third kappa shape index (κ3) is 34.4. The molecule has 542 valence electrons. The Morgan fingerprint density at radius 2 is 0.639 bits per heavy atom. The van der Waals surface area contributed by atoms with E-state index in [0.717, 1.165) is 41.5 Å². The highest BCUT2D eigenvalue weighted by molar-refractivity contribution is 5.44. The molecule has 0 fully saturated rings. The predicted molar refractivity (Wildman–Crippen MR) is 444 cm³/mol. The van der Waals surface area contributed by atoms with E-state index in [2.05, 4.69) is 283 Å². The average Bonchev–Trinajstić information content (AvgIpc) is 0.771. The van der Waals surface area contributed by atoms with E-state index in [1.54, 1.807) is 6.92 Å². The molecule has 0 aliphatic heterocycles. The molecule has 0 saturated carbocycles. The van der Waals surface area contributed by atoms with E-state index in [4.69, 9.17) is 12.3 Å². The SMILES string of the molecule is Cc1cccc(C)c1C(C)(C)C.Cc1cccc(C)c1C(C)(C)C.Cc1ccccc1C(C)(C)C.Cc1ccccc1C(C)(C)C.[2H]C(C)(C)c1cccc(C([2H])(C)C)c1C(C)(C)C.[2H]C(C)(C)c1ccccc1C(C)(C)C.[2H]C([2H])(C(CC)CCC)C(C)(C)C.[2H]c1c([2H])c(C)c([2H])c(C(C)(C)C)c1[2H]. The Hall–Kier alpha value is -5.46. The molecule has 7 aromatic carbocycles. The Labute approximate surface area is 618 Å². The molecule has 0 N–H and O–H groups in total. The fourth-order valence-electron chi connectivity index (χ4n) is 12.7. The number of hydrogen-bond donors (Lipinski definition) is 0. The lowest BCUT2D eigenvalue weighted by Crippen LogP contribution is -2.18. The topological polar surface area (TPSA) is 0 Å². The summed E-state index contributed by atoms with van der Waals surface area (Å²) in [5.41, 5.74) is 21.6. The Kier molecular flexibility index (Phi) is 31.3. The summed E-state index contributed by atoms with van der Waals surface area (Å²) in [5.74, 6) is -1.57. The summed E-state index contributed by atoms with van der Waals surface area (Å²) in [6, 6.07) is 44.6. The van der Waals surface area contributed by atoms with Crippen molar-refractivity contribution in [2.75, 3.05) is 0 Å². The molecule has 7 rings (SSSR count). The van der Waals surface area contributed by atoms with Crippen LogP contribution in [-0.2, 0) is 37.9 Å². The zero-order valence-electron chi connectivity index (χ0n) is 79.3. The quantitative estimate of drug-likeness (QED) is 0.149. The molecule has 0 bridgehead atoms. The summed E-state index contributed by atoms with van der Waals surface area (Å²) >= 11 is 0. The molecule has 0 amide bonds. The molecule has 0 saturated heterocycles. The second-order valence-corrected chi connectivity index (χ2v) is 36.0. The van der Waals surface area contributed by atoms with Crippen molar-refractivity contribution in [3.05, 3.63) is 246 Å². The van der Waals surface area contributed by atoms with Gasteiger partial charge in [0.2, 0.25) is 0 Å². The summed E-state index contributed by atoms with van der Waals surface area (Å²) < 4.78 is 71.9. The number of benzene rings is 7. The van der Waals surface area contributed by atoms with Crippen LogP contribution in [0.25, 0.3) is 0 Å². The maximum Gasteiger partial charge on any atom is 0.0629 e. The van der Waals surface area contributed by atoms with Crippen LogP contribution in [0, 0.1) is 59.8 Å². The van der Waals surface area contributed by atoms with Gasteiger partial charge in [-0.25, -0.2) is 0 Å². The van der Waals surface area contributed by atoms with Gasteiger partial charge in [0, 0.05) is 6.85 Å². The van der Waals surface area contributed by atoms with Crippen LogP contribution >= 0.6 is 0 Å². The third-order valence-corrected chi connectivity index (χ3v) is 16.8. The maximum atomic E-state index is 8.33. The summed E-state index contributed by atoms with van der Waals surface area (Å²) in [6.07, 6.45) is 1.98.